The lowest BCUT2D eigenvalue weighted by molar-refractivity contribution is 0.532. The number of aromatic nitrogens is 2. The lowest BCUT2D eigenvalue weighted by Crippen LogP contribution is -2.29. The van der Waals surface area contributed by atoms with Crippen LogP contribution in [0.2, 0.25) is 0 Å². The standard InChI is InChI=1S/C17H32N4/c1-7-18-17-19-12-15(6)16(20-17)21(10-8-13(2)3)11-9-14(4)5/h12-14H,7-11H2,1-6H3,(H,18,19,20). The number of nitrogens with one attached hydrogen (secondary N) is 1. The van der Waals surface area contributed by atoms with Crippen LogP contribution in [0.25, 0.3) is 0 Å². The third-order valence-electron chi connectivity index (χ3n) is 3.53. The van der Waals surface area contributed by atoms with Crippen LogP contribution < -0.4 is 10.2 Å². The first-order valence-electron chi connectivity index (χ1n) is 8.26. The van der Waals surface area contributed by atoms with Crippen LogP contribution in [0.5, 0.6) is 0 Å². The second-order valence-electron chi connectivity index (χ2n) is 6.58. The first-order chi connectivity index (χ1) is 9.93. The number of rotatable bonds is 9. The molecule has 4 nitrogen and oxygen atoms in total. The summed E-state index contributed by atoms with van der Waals surface area (Å²) in [6.07, 6.45) is 4.31. The predicted molar refractivity (Wildman–Crippen MR) is 92.1 cm³/mol. The van der Waals surface area contributed by atoms with Crippen LogP contribution in [0.4, 0.5) is 11.8 Å². The van der Waals surface area contributed by atoms with Crippen molar-refractivity contribution in [1.29, 1.82) is 0 Å². The molecule has 0 unspecified atom stereocenters. The van der Waals surface area contributed by atoms with E-state index in [9.17, 15) is 0 Å². The summed E-state index contributed by atoms with van der Waals surface area (Å²) in [5.74, 6) is 3.24. The van der Waals surface area contributed by atoms with Crippen LogP contribution in [0.1, 0.15) is 53.0 Å². The van der Waals surface area contributed by atoms with Crippen molar-refractivity contribution in [2.24, 2.45) is 11.8 Å². The Bertz CT molecular complexity index is 403. The van der Waals surface area contributed by atoms with Gasteiger partial charge in [0.25, 0.3) is 0 Å². The van der Waals surface area contributed by atoms with Crippen molar-refractivity contribution >= 4 is 11.8 Å². The molecule has 0 fully saturated rings. The Morgan fingerprint density at radius 3 is 2.14 bits per heavy atom. The Labute approximate surface area is 130 Å². The molecule has 0 aliphatic rings. The molecule has 0 radical (unpaired) electrons. The van der Waals surface area contributed by atoms with Gasteiger partial charge in [0.15, 0.2) is 0 Å². The van der Waals surface area contributed by atoms with Crippen molar-refractivity contribution in [2.75, 3.05) is 29.9 Å². The van der Waals surface area contributed by atoms with Gasteiger partial charge in [-0.1, -0.05) is 27.7 Å². The Morgan fingerprint density at radius 1 is 1.10 bits per heavy atom. The van der Waals surface area contributed by atoms with Crippen LogP contribution in [0.15, 0.2) is 6.20 Å². The Balaban J connectivity index is 2.90. The summed E-state index contributed by atoms with van der Waals surface area (Å²) >= 11 is 0. The van der Waals surface area contributed by atoms with Gasteiger partial charge in [-0.05, 0) is 38.5 Å². The lowest BCUT2D eigenvalue weighted by Gasteiger charge is -2.27. The number of aryl methyl sites for hydroxylation is 1. The van der Waals surface area contributed by atoms with E-state index in [-0.39, 0.29) is 0 Å². The molecule has 1 rings (SSSR count). The SMILES string of the molecule is CCNc1ncc(C)c(N(CCC(C)C)CCC(C)C)n1. The molecule has 0 aliphatic heterocycles. The minimum absolute atomic E-state index is 0.710. The largest absolute Gasteiger partial charge is 0.356 e. The summed E-state index contributed by atoms with van der Waals surface area (Å²) in [4.78, 5) is 11.5. The van der Waals surface area contributed by atoms with Crippen LogP contribution in [0.3, 0.4) is 0 Å². The molecule has 1 N–H and O–H groups in total. The molecule has 0 atom stereocenters. The zero-order valence-corrected chi connectivity index (χ0v) is 14.6. The molecule has 1 heterocycles. The molecular formula is C17H32N4. The molecule has 1 aromatic heterocycles. The number of nitrogens with zero attached hydrogens (tertiary/aromatic N) is 3. The molecule has 1 aromatic rings. The molecule has 0 spiro atoms. The van der Waals surface area contributed by atoms with Gasteiger partial charge in [-0.2, -0.15) is 4.98 Å². The highest BCUT2D eigenvalue weighted by atomic mass is 15.2. The molecule has 0 saturated heterocycles. The molecular weight excluding hydrogens is 260 g/mol. The van der Waals surface area contributed by atoms with Crippen molar-refractivity contribution in [2.45, 2.75) is 54.4 Å². The number of hydrogen-bond acceptors (Lipinski definition) is 4. The molecule has 120 valence electrons. The van der Waals surface area contributed by atoms with E-state index >= 15 is 0 Å². The lowest BCUT2D eigenvalue weighted by atomic mass is 10.1. The van der Waals surface area contributed by atoms with Crippen molar-refractivity contribution in [3.63, 3.8) is 0 Å². The Morgan fingerprint density at radius 2 is 1.67 bits per heavy atom. The van der Waals surface area contributed by atoms with Crippen molar-refractivity contribution < 1.29 is 0 Å². The van der Waals surface area contributed by atoms with Crippen LogP contribution in [0, 0.1) is 18.8 Å². The number of hydrogen-bond donors (Lipinski definition) is 1. The summed E-state index contributed by atoms with van der Waals surface area (Å²) < 4.78 is 0. The fourth-order valence-corrected chi connectivity index (χ4v) is 2.15. The molecule has 4 heteroatoms. The second-order valence-corrected chi connectivity index (χ2v) is 6.58. The van der Waals surface area contributed by atoms with Crippen molar-refractivity contribution in [1.82, 2.24) is 9.97 Å². The molecule has 0 aromatic carbocycles. The van der Waals surface area contributed by atoms with Crippen LogP contribution in [-0.4, -0.2) is 29.6 Å². The second kappa shape index (κ2) is 8.85. The fourth-order valence-electron chi connectivity index (χ4n) is 2.15. The van der Waals surface area contributed by atoms with E-state index in [1.807, 2.05) is 6.20 Å². The first-order valence-corrected chi connectivity index (χ1v) is 8.26. The minimum atomic E-state index is 0.710. The van der Waals surface area contributed by atoms with E-state index in [1.165, 1.54) is 12.8 Å². The van der Waals surface area contributed by atoms with Gasteiger partial charge in [0.05, 0.1) is 0 Å². The van der Waals surface area contributed by atoms with Gasteiger partial charge in [0.2, 0.25) is 5.95 Å². The van der Waals surface area contributed by atoms with E-state index in [0.717, 1.165) is 37.0 Å². The molecule has 0 amide bonds. The average molecular weight is 292 g/mol. The maximum atomic E-state index is 4.72. The van der Waals surface area contributed by atoms with Gasteiger partial charge in [-0.15, -0.1) is 0 Å². The highest BCUT2D eigenvalue weighted by Crippen LogP contribution is 2.20. The van der Waals surface area contributed by atoms with E-state index in [4.69, 9.17) is 4.98 Å². The Kier molecular flexibility index (Phi) is 7.48. The van der Waals surface area contributed by atoms with Crippen molar-refractivity contribution in [3.05, 3.63) is 11.8 Å². The first kappa shape index (κ1) is 17.7. The zero-order valence-electron chi connectivity index (χ0n) is 14.6. The maximum absolute atomic E-state index is 4.72. The summed E-state index contributed by atoms with van der Waals surface area (Å²) in [6, 6.07) is 0. The highest BCUT2D eigenvalue weighted by Gasteiger charge is 2.13. The molecule has 0 bridgehead atoms. The van der Waals surface area contributed by atoms with Crippen LogP contribution in [-0.2, 0) is 0 Å². The summed E-state index contributed by atoms with van der Waals surface area (Å²) in [6.45, 7) is 16.2. The van der Waals surface area contributed by atoms with E-state index in [0.29, 0.717) is 11.8 Å². The Hall–Kier alpha value is -1.32. The fraction of sp³-hybridized carbons (Fsp3) is 0.765. The quantitative estimate of drug-likeness (QED) is 0.743. The predicted octanol–water partition coefficient (Wildman–Crippen LogP) is 4.12. The van der Waals surface area contributed by atoms with Crippen LogP contribution >= 0.6 is 0 Å². The highest BCUT2D eigenvalue weighted by molar-refractivity contribution is 5.48. The zero-order chi connectivity index (χ0) is 15.8. The monoisotopic (exact) mass is 292 g/mol. The van der Waals surface area contributed by atoms with Gasteiger partial charge >= 0.3 is 0 Å². The third kappa shape index (κ3) is 6.32. The number of anilines is 2. The van der Waals surface area contributed by atoms with Gasteiger partial charge < -0.3 is 10.2 Å². The minimum Gasteiger partial charge on any atom is -0.356 e. The van der Waals surface area contributed by atoms with E-state index in [1.54, 1.807) is 0 Å². The third-order valence-corrected chi connectivity index (χ3v) is 3.53. The summed E-state index contributed by atoms with van der Waals surface area (Å²) in [5.41, 5.74) is 1.16. The summed E-state index contributed by atoms with van der Waals surface area (Å²) in [5, 5.41) is 3.21. The van der Waals surface area contributed by atoms with Gasteiger partial charge in [0, 0.05) is 31.4 Å². The normalized spacial score (nSPS) is 11.2. The molecule has 0 aliphatic carbocycles. The van der Waals surface area contributed by atoms with Gasteiger partial charge in [-0.25, -0.2) is 4.98 Å². The van der Waals surface area contributed by atoms with Gasteiger partial charge in [0.1, 0.15) is 5.82 Å². The van der Waals surface area contributed by atoms with E-state index in [2.05, 4.69) is 56.7 Å². The average Bonchev–Trinajstić information content (AvgIpc) is 2.41. The molecule has 0 saturated carbocycles. The molecule has 21 heavy (non-hydrogen) atoms. The van der Waals surface area contributed by atoms with Crippen molar-refractivity contribution in [3.8, 4) is 0 Å². The smallest absolute Gasteiger partial charge is 0.224 e. The van der Waals surface area contributed by atoms with E-state index < -0.39 is 0 Å². The van der Waals surface area contributed by atoms with Gasteiger partial charge in [-0.3, -0.25) is 0 Å². The summed E-state index contributed by atoms with van der Waals surface area (Å²) in [7, 11) is 0. The maximum Gasteiger partial charge on any atom is 0.224 e. The topological polar surface area (TPSA) is 41.1 Å².